The van der Waals surface area contributed by atoms with Crippen LogP contribution in [0.5, 0.6) is 0 Å². The molecule has 2 N–H and O–H groups in total. The molecule has 0 bridgehead atoms. The Balaban J connectivity index is 0.00000312. The van der Waals surface area contributed by atoms with E-state index in [4.69, 9.17) is 0 Å². The molecule has 2 aliphatic rings. The van der Waals surface area contributed by atoms with Crippen LogP contribution in [0.4, 0.5) is 0 Å². The van der Waals surface area contributed by atoms with Crippen LogP contribution in [0.3, 0.4) is 0 Å². The highest BCUT2D eigenvalue weighted by molar-refractivity contribution is 14.0. The summed E-state index contributed by atoms with van der Waals surface area (Å²) in [7, 11) is 1.88. The Labute approximate surface area is 172 Å². The number of likely N-dealkylation sites (tertiary alicyclic amines) is 1. The maximum Gasteiger partial charge on any atom is 0.191 e. The summed E-state index contributed by atoms with van der Waals surface area (Å²) in [5.41, 5.74) is 0. The minimum atomic E-state index is 0. The minimum absolute atomic E-state index is 0. The minimum Gasteiger partial charge on any atom is -0.355 e. The quantitative estimate of drug-likeness (QED) is 0.345. The zero-order valence-electron chi connectivity index (χ0n) is 16.9. The topological polar surface area (TPSA) is 42.9 Å². The lowest BCUT2D eigenvalue weighted by atomic mass is 10.2. The fourth-order valence-corrected chi connectivity index (χ4v) is 4.31. The number of hydrogen-bond acceptors (Lipinski definition) is 3. The van der Waals surface area contributed by atoms with Gasteiger partial charge < -0.3 is 10.6 Å². The van der Waals surface area contributed by atoms with Crippen LogP contribution in [-0.4, -0.2) is 73.2 Å². The Morgan fingerprint density at radius 2 is 1.76 bits per heavy atom. The number of guanidine groups is 1. The van der Waals surface area contributed by atoms with Crippen LogP contribution in [0, 0.1) is 0 Å². The molecule has 0 amide bonds. The molecular weight excluding hydrogens is 425 g/mol. The number of rotatable bonds is 7. The van der Waals surface area contributed by atoms with Gasteiger partial charge in [0.1, 0.15) is 0 Å². The molecule has 1 unspecified atom stereocenters. The van der Waals surface area contributed by atoms with Crippen LogP contribution < -0.4 is 10.6 Å². The lowest BCUT2D eigenvalue weighted by molar-refractivity contribution is 0.178. The molecule has 2 fully saturated rings. The Bertz CT molecular complexity index is 385. The molecule has 6 heteroatoms. The summed E-state index contributed by atoms with van der Waals surface area (Å²) >= 11 is 0. The van der Waals surface area contributed by atoms with E-state index in [1.165, 1.54) is 45.2 Å². The Morgan fingerprint density at radius 1 is 1.12 bits per heavy atom. The number of nitrogens with one attached hydrogen (secondary N) is 2. The van der Waals surface area contributed by atoms with Gasteiger partial charge in [-0.2, -0.15) is 0 Å². The van der Waals surface area contributed by atoms with Gasteiger partial charge in [0.15, 0.2) is 5.96 Å². The van der Waals surface area contributed by atoms with Gasteiger partial charge in [-0.1, -0.05) is 12.8 Å². The average molecular weight is 465 g/mol. The fourth-order valence-electron chi connectivity index (χ4n) is 4.31. The summed E-state index contributed by atoms with van der Waals surface area (Å²) in [6, 6.07) is 2.55. The first-order valence-electron chi connectivity index (χ1n) is 9.98. The van der Waals surface area contributed by atoms with Crippen molar-refractivity contribution in [2.75, 3.05) is 33.2 Å². The zero-order valence-corrected chi connectivity index (χ0v) is 19.3. The Morgan fingerprint density at radius 3 is 2.32 bits per heavy atom. The van der Waals surface area contributed by atoms with Crippen LogP contribution in [0.1, 0.15) is 59.8 Å². The van der Waals surface area contributed by atoms with Crippen LogP contribution in [0.25, 0.3) is 0 Å². The Kier molecular flexibility index (Phi) is 10.6. The largest absolute Gasteiger partial charge is 0.355 e. The summed E-state index contributed by atoms with van der Waals surface area (Å²) in [4.78, 5) is 9.62. The predicted octanol–water partition coefficient (Wildman–Crippen LogP) is 2.91. The summed E-state index contributed by atoms with van der Waals surface area (Å²) in [6.45, 7) is 13.5. The smallest absolute Gasteiger partial charge is 0.191 e. The van der Waals surface area contributed by atoms with Crippen LogP contribution in [0.15, 0.2) is 4.99 Å². The van der Waals surface area contributed by atoms with Crippen molar-refractivity contribution < 1.29 is 0 Å². The van der Waals surface area contributed by atoms with Crippen LogP contribution in [0.2, 0.25) is 0 Å². The summed E-state index contributed by atoms with van der Waals surface area (Å²) in [5.74, 6) is 0.959. The molecule has 1 saturated heterocycles. The molecule has 1 aliphatic carbocycles. The van der Waals surface area contributed by atoms with E-state index in [0.717, 1.165) is 25.1 Å². The van der Waals surface area contributed by atoms with Gasteiger partial charge in [0, 0.05) is 57.4 Å². The van der Waals surface area contributed by atoms with Crippen molar-refractivity contribution in [3.63, 3.8) is 0 Å². The molecule has 5 nitrogen and oxygen atoms in total. The van der Waals surface area contributed by atoms with E-state index < -0.39 is 0 Å². The summed E-state index contributed by atoms with van der Waals surface area (Å²) in [5, 5.41) is 7.13. The summed E-state index contributed by atoms with van der Waals surface area (Å²) in [6.07, 6.45) is 6.89. The van der Waals surface area contributed by atoms with Crippen molar-refractivity contribution in [2.24, 2.45) is 4.99 Å². The van der Waals surface area contributed by atoms with E-state index in [1.54, 1.807) is 0 Å². The van der Waals surface area contributed by atoms with Crippen LogP contribution >= 0.6 is 24.0 Å². The Hall–Kier alpha value is -0.0800. The second-order valence-corrected chi connectivity index (χ2v) is 7.99. The molecule has 0 aromatic carbocycles. The average Bonchev–Trinajstić information content (AvgIpc) is 3.20. The van der Waals surface area contributed by atoms with Gasteiger partial charge in [-0.25, -0.2) is 0 Å². The molecule has 2 rings (SSSR count). The number of nitrogens with zero attached hydrogens (tertiary/aromatic N) is 3. The van der Waals surface area contributed by atoms with Crippen molar-refractivity contribution in [3.05, 3.63) is 0 Å². The highest BCUT2D eigenvalue weighted by Gasteiger charge is 2.30. The van der Waals surface area contributed by atoms with Gasteiger partial charge in [-0.15, -0.1) is 24.0 Å². The lowest BCUT2D eigenvalue weighted by Crippen LogP contribution is -2.48. The molecule has 25 heavy (non-hydrogen) atoms. The SMILES string of the molecule is CN=C(NCCN(C(C)C)C(C)C)NC1CCN(C2CCCC2)C1.I. The molecule has 1 atom stereocenters. The monoisotopic (exact) mass is 465 g/mol. The third-order valence-corrected chi connectivity index (χ3v) is 5.61. The lowest BCUT2D eigenvalue weighted by Gasteiger charge is -2.30. The molecule has 148 valence electrons. The number of hydrogen-bond donors (Lipinski definition) is 2. The van der Waals surface area contributed by atoms with E-state index in [0.29, 0.717) is 18.1 Å². The standard InChI is InChI=1S/C19H39N5.HI/c1-15(2)24(16(3)4)13-11-21-19(20-5)22-17-10-12-23(14-17)18-8-6-7-9-18;/h15-18H,6-14H2,1-5H3,(H2,20,21,22);1H. The van der Waals surface area contributed by atoms with Crippen molar-refractivity contribution >= 4 is 29.9 Å². The molecule has 1 aliphatic heterocycles. The van der Waals surface area contributed by atoms with Crippen molar-refractivity contribution in [1.82, 2.24) is 20.4 Å². The first kappa shape index (κ1) is 23.0. The predicted molar refractivity (Wildman–Crippen MR) is 119 cm³/mol. The maximum atomic E-state index is 4.42. The third kappa shape index (κ3) is 7.21. The molecule has 0 radical (unpaired) electrons. The molecule has 1 saturated carbocycles. The highest BCUT2D eigenvalue weighted by atomic mass is 127. The van der Waals surface area contributed by atoms with Gasteiger partial charge in [0.2, 0.25) is 0 Å². The number of aliphatic imine (C=N–C) groups is 1. The normalized spacial score (nSPS) is 22.9. The second kappa shape index (κ2) is 11.6. The van der Waals surface area contributed by atoms with Crippen molar-refractivity contribution in [3.8, 4) is 0 Å². The van der Waals surface area contributed by atoms with Gasteiger partial charge in [-0.3, -0.25) is 14.8 Å². The molecular formula is C19H40IN5. The van der Waals surface area contributed by atoms with Crippen molar-refractivity contribution in [2.45, 2.75) is 84.0 Å². The van der Waals surface area contributed by atoms with E-state index in [2.05, 4.69) is 53.1 Å². The number of halogens is 1. The molecule has 0 spiro atoms. The fraction of sp³-hybridized carbons (Fsp3) is 0.947. The first-order valence-corrected chi connectivity index (χ1v) is 9.98. The third-order valence-electron chi connectivity index (χ3n) is 5.61. The van der Waals surface area contributed by atoms with E-state index >= 15 is 0 Å². The highest BCUT2D eigenvalue weighted by Crippen LogP contribution is 2.26. The van der Waals surface area contributed by atoms with Crippen LogP contribution in [-0.2, 0) is 0 Å². The molecule has 0 aromatic heterocycles. The van der Waals surface area contributed by atoms with E-state index in [9.17, 15) is 0 Å². The first-order chi connectivity index (χ1) is 11.5. The summed E-state index contributed by atoms with van der Waals surface area (Å²) < 4.78 is 0. The zero-order chi connectivity index (χ0) is 17.5. The van der Waals surface area contributed by atoms with Gasteiger partial charge in [0.25, 0.3) is 0 Å². The molecule has 1 heterocycles. The molecule has 0 aromatic rings. The second-order valence-electron chi connectivity index (χ2n) is 7.99. The van der Waals surface area contributed by atoms with Gasteiger partial charge in [-0.05, 0) is 47.0 Å². The van der Waals surface area contributed by atoms with E-state index in [-0.39, 0.29) is 24.0 Å². The van der Waals surface area contributed by atoms with Crippen molar-refractivity contribution in [1.29, 1.82) is 0 Å². The van der Waals surface area contributed by atoms with E-state index in [1.807, 2.05) is 7.05 Å². The maximum absolute atomic E-state index is 4.42. The van der Waals surface area contributed by atoms with Gasteiger partial charge >= 0.3 is 0 Å². The van der Waals surface area contributed by atoms with Gasteiger partial charge in [0.05, 0.1) is 0 Å².